The minimum absolute atomic E-state index is 0.0474. The maximum Gasteiger partial charge on any atom is 0.326 e. The van der Waals surface area contributed by atoms with Crippen molar-refractivity contribution in [1.82, 2.24) is 5.32 Å². The number of thioether (sulfide) groups is 1. The molecule has 0 heterocycles. The van der Waals surface area contributed by atoms with Gasteiger partial charge in [0.05, 0.1) is 7.11 Å². The molecule has 3 unspecified atom stereocenters. The van der Waals surface area contributed by atoms with Gasteiger partial charge in [-0.1, -0.05) is 13.8 Å². The lowest BCUT2D eigenvalue weighted by Crippen LogP contribution is -2.56. The molecule has 0 aromatic carbocycles. The van der Waals surface area contributed by atoms with Gasteiger partial charge >= 0.3 is 5.97 Å². The summed E-state index contributed by atoms with van der Waals surface area (Å²) in [6.45, 7) is 4.52. The average molecular weight is 285 g/mol. The second-order valence-corrected chi connectivity index (χ2v) is 7.81. The van der Waals surface area contributed by atoms with Crippen LogP contribution in [0.3, 0.4) is 0 Å². The topological polar surface area (TPSA) is 38.3 Å². The van der Waals surface area contributed by atoms with Gasteiger partial charge in [0.2, 0.25) is 0 Å². The number of carbonyl (C=O) groups is 1. The summed E-state index contributed by atoms with van der Waals surface area (Å²) in [6.07, 6.45) is 7.86. The minimum atomic E-state index is -0.403. The molecular weight excluding hydrogens is 258 g/mol. The van der Waals surface area contributed by atoms with Crippen LogP contribution in [0.4, 0.5) is 0 Å². The van der Waals surface area contributed by atoms with E-state index >= 15 is 0 Å². The Morgan fingerprint density at radius 1 is 1.47 bits per heavy atom. The summed E-state index contributed by atoms with van der Waals surface area (Å²) in [5.41, 5.74) is -0.403. The van der Waals surface area contributed by atoms with Gasteiger partial charge in [0.15, 0.2) is 0 Å². The third-order valence-electron chi connectivity index (χ3n) is 4.34. The van der Waals surface area contributed by atoms with Gasteiger partial charge in [-0.3, -0.25) is 10.1 Å². The fraction of sp³-hybridized carbons (Fsp3) is 0.933. The predicted molar refractivity (Wildman–Crippen MR) is 80.5 cm³/mol. The van der Waals surface area contributed by atoms with E-state index in [9.17, 15) is 4.79 Å². The fourth-order valence-electron chi connectivity index (χ4n) is 2.95. The first-order chi connectivity index (χ1) is 9.09. The molecule has 0 bridgehead atoms. The van der Waals surface area contributed by atoms with E-state index in [2.05, 4.69) is 30.9 Å². The van der Waals surface area contributed by atoms with E-state index in [1.165, 1.54) is 32.8 Å². The monoisotopic (exact) mass is 285 g/mol. The van der Waals surface area contributed by atoms with Crippen molar-refractivity contribution in [2.75, 3.05) is 7.11 Å². The lowest BCUT2D eigenvalue weighted by molar-refractivity contribution is -0.150. The smallest absolute Gasteiger partial charge is 0.326 e. The normalized spacial score (nSPS) is 32.9. The van der Waals surface area contributed by atoms with Gasteiger partial charge < -0.3 is 4.74 Å². The van der Waals surface area contributed by atoms with E-state index in [0.717, 1.165) is 19.3 Å². The van der Waals surface area contributed by atoms with Crippen molar-refractivity contribution in [2.24, 2.45) is 0 Å². The van der Waals surface area contributed by atoms with Crippen LogP contribution in [0.25, 0.3) is 0 Å². The highest BCUT2D eigenvalue weighted by Crippen LogP contribution is 2.39. The molecule has 0 spiro atoms. The van der Waals surface area contributed by atoms with Crippen LogP contribution < -0.4 is 5.32 Å². The van der Waals surface area contributed by atoms with Gasteiger partial charge in [-0.2, -0.15) is 11.8 Å². The quantitative estimate of drug-likeness (QED) is 0.761. The molecule has 3 atom stereocenters. The Hall–Kier alpha value is -0.220. The van der Waals surface area contributed by atoms with Crippen LogP contribution in [0, 0.1) is 0 Å². The Balaban J connectivity index is 2.02. The molecule has 3 nitrogen and oxygen atoms in total. The summed E-state index contributed by atoms with van der Waals surface area (Å²) in [5, 5.41) is 4.86. The minimum Gasteiger partial charge on any atom is -0.468 e. The van der Waals surface area contributed by atoms with Crippen molar-refractivity contribution in [3.05, 3.63) is 0 Å². The largest absolute Gasteiger partial charge is 0.468 e. The number of carbonyl (C=O) groups excluding carboxylic acids is 1. The molecule has 2 saturated carbocycles. The molecule has 0 aromatic rings. The van der Waals surface area contributed by atoms with Crippen molar-refractivity contribution in [1.29, 1.82) is 0 Å². The molecule has 1 N–H and O–H groups in total. The molecule has 0 aliphatic heterocycles. The van der Waals surface area contributed by atoms with Crippen LogP contribution in [0.2, 0.25) is 0 Å². The molecular formula is C15H27NO2S. The van der Waals surface area contributed by atoms with Crippen molar-refractivity contribution < 1.29 is 9.53 Å². The second-order valence-electron chi connectivity index (χ2n) is 6.07. The lowest BCUT2D eigenvalue weighted by Gasteiger charge is -2.40. The lowest BCUT2D eigenvalue weighted by atomic mass is 9.81. The molecule has 2 rings (SSSR count). The number of methoxy groups -OCH3 is 1. The molecule has 110 valence electrons. The summed E-state index contributed by atoms with van der Waals surface area (Å²) in [6, 6.07) is 0.548. The number of ether oxygens (including phenoxy) is 1. The maximum atomic E-state index is 12.3. The van der Waals surface area contributed by atoms with Crippen molar-refractivity contribution in [2.45, 2.75) is 80.9 Å². The second kappa shape index (κ2) is 6.49. The van der Waals surface area contributed by atoms with E-state index < -0.39 is 5.54 Å². The van der Waals surface area contributed by atoms with Gasteiger partial charge in [0.1, 0.15) is 5.54 Å². The molecule has 19 heavy (non-hydrogen) atoms. The van der Waals surface area contributed by atoms with Gasteiger partial charge in [-0.05, 0) is 44.9 Å². The first-order valence-corrected chi connectivity index (χ1v) is 8.55. The van der Waals surface area contributed by atoms with Crippen LogP contribution >= 0.6 is 11.8 Å². The molecule has 2 fully saturated rings. The summed E-state index contributed by atoms with van der Waals surface area (Å²) in [7, 11) is 1.52. The Bertz CT molecular complexity index is 319. The van der Waals surface area contributed by atoms with Crippen molar-refractivity contribution in [3.8, 4) is 0 Å². The van der Waals surface area contributed by atoms with E-state index in [1.807, 2.05) is 0 Å². The van der Waals surface area contributed by atoms with Crippen molar-refractivity contribution >= 4 is 17.7 Å². The first kappa shape index (κ1) is 15.2. The fourth-order valence-corrected chi connectivity index (χ4v) is 4.49. The Morgan fingerprint density at radius 3 is 2.79 bits per heavy atom. The summed E-state index contributed by atoms with van der Waals surface area (Å²) >= 11 is 2.05. The Morgan fingerprint density at radius 2 is 2.21 bits per heavy atom. The van der Waals surface area contributed by atoms with E-state index in [4.69, 9.17) is 4.74 Å². The highest BCUT2D eigenvalue weighted by Gasteiger charge is 2.46. The Kier molecular flexibility index (Phi) is 5.18. The molecule has 0 amide bonds. The molecule has 2 aliphatic carbocycles. The zero-order chi connectivity index (χ0) is 13.9. The number of hydrogen-bond donors (Lipinski definition) is 1. The first-order valence-electron chi connectivity index (χ1n) is 7.61. The van der Waals surface area contributed by atoms with E-state index in [1.54, 1.807) is 0 Å². The summed E-state index contributed by atoms with van der Waals surface area (Å²) in [4.78, 5) is 12.3. The average Bonchev–Trinajstić information content (AvgIpc) is 3.21. The molecule has 0 saturated heterocycles. The van der Waals surface area contributed by atoms with Crippen LogP contribution in [0.15, 0.2) is 0 Å². The van der Waals surface area contributed by atoms with Gasteiger partial charge in [-0.25, -0.2) is 0 Å². The standard InChI is InChI=1S/C15H27NO2S/c1-4-11(2)19-13-6-5-9-15(10-13,14(17)18-3)16-12-7-8-12/h11-13,16H,4-10H2,1-3H3. The van der Waals surface area contributed by atoms with Crippen LogP contribution in [0.5, 0.6) is 0 Å². The molecule has 2 aliphatic rings. The van der Waals surface area contributed by atoms with Gasteiger partial charge in [-0.15, -0.1) is 0 Å². The molecule has 4 heteroatoms. The molecule has 0 radical (unpaired) electrons. The maximum absolute atomic E-state index is 12.3. The summed E-state index contributed by atoms with van der Waals surface area (Å²) in [5.74, 6) is -0.0474. The number of rotatable bonds is 6. The van der Waals surface area contributed by atoms with Crippen LogP contribution in [0.1, 0.15) is 58.8 Å². The predicted octanol–water partition coefficient (Wildman–Crippen LogP) is 3.12. The van der Waals surface area contributed by atoms with Gasteiger partial charge in [0.25, 0.3) is 0 Å². The Labute approximate surface area is 121 Å². The van der Waals surface area contributed by atoms with Crippen molar-refractivity contribution in [3.63, 3.8) is 0 Å². The highest BCUT2D eigenvalue weighted by molar-refractivity contribution is 8.00. The van der Waals surface area contributed by atoms with Gasteiger partial charge in [0, 0.05) is 16.5 Å². The third-order valence-corrected chi connectivity index (χ3v) is 5.92. The van der Waals surface area contributed by atoms with E-state index in [0.29, 0.717) is 16.5 Å². The van der Waals surface area contributed by atoms with Crippen LogP contribution in [-0.2, 0) is 9.53 Å². The number of nitrogens with one attached hydrogen (secondary N) is 1. The number of esters is 1. The molecule has 0 aromatic heterocycles. The zero-order valence-electron chi connectivity index (χ0n) is 12.4. The van der Waals surface area contributed by atoms with Crippen LogP contribution in [-0.4, -0.2) is 35.2 Å². The third kappa shape index (κ3) is 3.88. The SMILES string of the molecule is CCC(C)SC1CCCC(NC2CC2)(C(=O)OC)C1. The van der Waals surface area contributed by atoms with E-state index in [-0.39, 0.29) is 5.97 Å². The zero-order valence-corrected chi connectivity index (χ0v) is 13.2. The summed E-state index contributed by atoms with van der Waals surface area (Å²) < 4.78 is 5.09. The number of hydrogen-bond acceptors (Lipinski definition) is 4. The highest BCUT2D eigenvalue weighted by atomic mass is 32.2.